The molecule has 1 aliphatic heterocycles. The van der Waals surface area contributed by atoms with Crippen molar-refractivity contribution in [3.63, 3.8) is 0 Å². The number of nitrogens with zero attached hydrogens (tertiary/aromatic N) is 1. The first-order valence-electron chi connectivity index (χ1n) is 13.7. The number of aliphatic hydroxyl groups is 2. The summed E-state index contributed by atoms with van der Waals surface area (Å²) in [5.74, 6) is -0.112. The largest absolute Gasteiger partial charge is 0.468 e. The summed E-state index contributed by atoms with van der Waals surface area (Å²) in [6.45, 7) is 5.39. The maximum Gasteiger partial charge on any atom is 0.315 e. The SMILES string of the molecule is COC(=O)C(C)(C)c1ccc([C@H](O)CCCN2CCC(O)CC2C(c2ccccc2)c2ccccc2)cc1. The highest BCUT2D eigenvalue weighted by Gasteiger charge is 2.35. The van der Waals surface area contributed by atoms with E-state index in [1.54, 1.807) is 0 Å². The van der Waals surface area contributed by atoms with Crippen LogP contribution in [-0.2, 0) is 14.9 Å². The quantitative estimate of drug-likeness (QED) is 0.344. The summed E-state index contributed by atoms with van der Waals surface area (Å²) in [7, 11) is 1.40. The Morgan fingerprint density at radius 1 is 0.947 bits per heavy atom. The molecule has 4 rings (SSSR count). The van der Waals surface area contributed by atoms with Crippen LogP contribution in [0.5, 0.6) is 0 Å². The lowest BCUT2D eigenvalue weighted by molar-refractivity contribution is -0.146. The molecular weight excluding hydrogens is 474 g/mol. The molecule has 0 amide bonds. The standard InChI is InChI=1S/C33H41NO4/c1-33(2,32(37)38-3)27-18-16-24(17-19-27)30(36)15-10-21-34-22-20-28(35)23-29(34)31(25-11-6-4-7-12-25)26-13-8-5-9-14-26/h4-9,11-14,16-19,28-31,35-36H,10,15,20-23H2,1-3H3/t28?,29?,30-/m1/s1. The molecule has 5 nitrogen and oxygen atoms in total. The first-order valence-corrected chi connectivity index (χ1v) is 13.7. The predicted octanol–water partition coefficient (Wildman–Crippen LogP) is 5.61. The van der Waals surface area contributed by atoms with Gasteiger partial charge in [-0.1, -0.05) is 84.9 Å². The zero-order chi connectivity index (χ0) is 27.1. The molecule has 0 radical (unpaired) electrons. The highest BCUT2D eigenvalue weighted by atomic mass is 16.5. The van der Waals surface area contributed by atoms with E-state index < -0.39 is 11.5 Å². The molecule has 5 heteroatoms. The van der Waals surface area contributed by atoms with E-state index in [4.69, 9.17) is 4.74 Å². The maximum atomic E-state index is 12.1. The molecule has 2 N–H and O–H groups in total. The van der Waals surface area contributed by atoms with Gasteiger partial charge in [0.25, 0.3) is 0 Å². The molecule has 38 heavy (non-hydrogen) atoms. The number of ether oxygens (including phenoxy) is 1. The van der Waals surface area contributed by atoms with Crippen LogP contribution < -0.4 is 0 Å². The fourth-order valence-corrected chi connectivity index (χ4v) is 5.76. The number of carbonyl (C=O) groups is 1. The van der Waals surface area contributed by atoms with Gasteiger partial charge >= 0.3 is 5.97 Å². The van der Waals surface area contributed by atoms with E-state index in [9.17, 15) is 15.0 Å². The molecule has 3 aromatic rings. The first kappa shape index (κ1) is 28.0. The Morgan fingerprint density at radius 3 is 2.08 bits per heavy atom. The Kier molecular flexibility index (Phi) is 9.37. The molecule has 2 unspecified atom stereocenters. The minimum atomic E-state index is -0.736. The Labute approximate surface area is 227 Å². The number of hydrogen-bond acceptors (Lipinski definition) is 5. The van der Waals surface area contributed by atoms with Gasteiger partial charge in [0.15, 0.2) is 0 Å². The lowest BCUT2D eigenvalue weighted by Crippen LogP contribution is -2.48. The summed E-state index contributed by atoms with van der Waals surface area (Å²) in [4.78, 5) is 14.6. The average molecular weight is 516 g/mol. The smallest absolute Gasteiger partial charge is 0.315 e. The van der Waals surface area contributed by atoms with Gasteiger partial charge in [-0.15, -0.1) is 0 Å². The van der Waals surface area contributed by atoms with Crippen molar-refractivity contribution in [2.75, 3.05) is 20.2 Å². The lowest BCUT2D eigenvalue weighted by atomic mass is 9.79. The van der Waals surface area contributed by atoms with Crippen molar-refractivity contribution >= 4 is 5.97 Å². The number of carbonyl (C=O) groups excluding carboxylic acids is 1. The molecule has 3 atom stereocenters. The van der Waals surface area contributed by atoms with Crippen LogP contribution in [0.3, 0.4) is 0 Å². The predicted molar refractivity (Wildman–Crippen MR) is 151 cm³/mol. The number of benzene rings is 3. The van der Waals surface area contributed by atoms with Crippen molar-refractivity contribution in [1.29, 1.82) is 0 Å². The van der Waals surface area contributed by atoms with Gasteiger partial charge in [-0.3, -0.25) is 9.69 Å². The van der Waals surface area contributed by atoms with Gasteiger partial charge in [0.05, 0.1) is 24.7 Å². The van der Waals surface area contributed by atoms with Crippen molar-refractivity contribution in [2.24, 2.45) is 0 Å². The number of aliphatic hydroxyl groups excluding tert-OH is 2. The number of likely N-dealkylation sites (tertiary alicyclic amines) is 1. The van der Waals surface area contributed by atoms with E-state index in [2.05, 4.69) is 53.4 Å². The Bertz CT molecular complexity index is 1110. The molecule has 1 saturated heterocycles. The maximum absolute atomic E-state index is 12.1. The lowest BCUT2D eigenvalue weighted by Gasteiger charge is -2.43. The van der Waals surface area contributed by atoms with Crippen LogP contribution in [0.2, 0.25) is 0 Å². The van der Waals surface area contributed by atoms with Crippen LogP contribution in [0.4, 0.5) is 0 Å². The number of methoxy groups -OCH3 is 1. The summed E-state index contributed by atoms with van der Waals surface area (Å²) in [6, 6.07) is 29.0. The van der Waals surface area contributed by atoms with Gasteiger partial charge in [0.2, 0.25) is 0 Å². The molecule has 0 spiro atoms. The van der Waals surface area contributed by atoms with Crippen LogP contribution in [0, 0.1) is 0 Å². The highest BCUT2D eigenvalue weighted by molar-refractivity contribution is 5.82. The second kappa shape index (κ2) is 12.7. The molecule has 1 aliphatic rings. The molecule has 0 aromatic heterocycles. The second-order valence-electron chi connectivity index (χ2n) is 11.0. The van der Waals surface area contributed by atoms with Gasteiger partial charge in [0, 0.05) is 18.5 Å². The summed E-state index contributed by atoms with van der Waals surface area (Å²) in [6.07, 6.45) is 2.12. The van der Waals surface area contributed by atoms with Crippen molar-refractivity contribution in [1.82, 2.24) is 4.90 Å². The normalized spacial score (nSPS) is 19.3. The molecule has 0 aliphatic carbocycles. The van der Waals surface area contributed by atoms with Crippen molar-refractivity contribution in [3.8, 4) is 0 Å². The van der Waals surface area contributed by atoms with Gasteiger partial charge < -0.3 is 14.9 Å². The van der Waals surface area contributed by atoms with Crippen LogP contribution in [0.25, 0.3) is 0 Å². The van der Waals surface area contributed by atoms with E-state index in [1.165, 1.54) is 18.2 Å². The summed E-state index contributed by atoms with van der Waals surface area (Å²) in [5, 5.41) is 21.6. The average Bonchev–Trinajstić information content (AvgIpc) is 2.95. The van der Waals surface area contributed by atoms with Crippen LogP contribution in [-0.4, -0.2) is 53.4 Å². The van der Waals surface area contributed by atoms with E-state index in [1.807, 2.05) is 50.2 Å². The molecule has 0 bridgehead atoms. The zero-order valence-electron chi connectivity index (χ0n) is 22.8. The monoisotopic (exact) mass is 515 g/mol. The van der Waals surface area contributed by atoms with E-state index in [-0.39, 0.29) is 24.0 Å². The van der Waals surface area contributed by atoms with E-state index in [0.717, 1.165) is 43.5 Å². The third kappa shape index (κ3) is 6.52. The number of hydrogen-bond donors (Lipinski definition) is 2. The van der Waals surface area contributed by atoms with Gasteiger partial charge in [0.1, 0.15) is 0 Å². The molecular formula is C33H41NO4. The molecule has 3 aromatic carbocycles. The fraction of sp³-hybridized carbons (Fsp3) is 0.424. The highest BCUT2D eigenvalue weighted by Crippen LogP contribution is 2.36. The van der Waals surface area contributed by atoms with Crippen molar-refractivity contribution in [3.05, 3.63) is 107 Å². The Balaban J connectivity index is 1.44. The van der Waals surface area contributed by atoms with Gasteiger partial charge in [-0.05, 0) is 68.3 Å². The number of piperidine rings is 1. The Morgan fingerprint density at radius 2 is 1.53 bits per heavy atom. The summed E-state index contributed by atoms with van der Waals surface area (Å²) in [5.41, 5.74) is 3.50. The molecule has 202 valence electrons. The van der Waals surface area contributed by atoms with Crippen LogP contribution >= 0.6 is 0 Å². The molecule has 0 saturated carbocycles. The topological polar surface area (TPSA) is 70.0 Å². The summed E-state index contributed by atoms with van der Waals surface area (Å²) >= 11 is 0. The van der Waals surface area contributed by atoms with Gasteiger partial charge in [-0.25, -0.2) is 0 Å². The van der Waals surface area contributed by atoms with Crippen LogP contribution in [0.15, 0.2) is 84.9 Å². The Hall–Kier alpha value is -2.99. The molecule has 1 fully saturated rings. The first-order chi connectivity index (χ1) is 18.3. The number of rotatable bonds is 10. The zero-order valence-corrected chi connectivity index (χ0v) is 22.8. The third-order valence-electron chi connectivity index (χ3n) is 8.07. The minimum absolute atomic E-state index is 0.169. The minimum Gasteiger partial charge on any atom is -0.468 e. The second-order valence-corrected chi connectivity index (χ2v) is 11.0. The summed E-state index contributed by atoms with van der Waals surface area (Å²) < 4.78 is 4.94. The van der Waals surface area contributed by atoms with E-state index >= 15 is 0 Å². The van der Waals surface area contributed by atoms with Crippen LogP contribution in [0.1, 0.15) is 73.8 Å². The number of esters is 1. The van der Waals surface area contributed by atoms with Gasteiger partial charge in [-0.2, -0.15) is 0 Å². The van der Waals surface area contributed by atoms with Crippen molar-refractivity contribution < 1.29 is 19.7 Å². The molecule has 1 heterocycles. The van der Waals surface area contributed by atoms with Crippen molar-refractivity contribution in [2.45, 2.75) is 69.1 Å². The van der Waals surface area contributed by atoms with E-state index in [0.29, 0.717) is 6.42 Å². The third-order valence-corrected chi connectivity index (χ3v) is 8.07. The fourth-order valence-electron chi connectivity index (χ4n) is 5.76.